The molecule has 1 fully saturated rings. The Morgan fingerprint density at radius 1 is 1.09 bits per heavy atom. The highest BCUT2D eigenvalue weighted by Gasteiger charge is 2.43. The Balaban J connectivity index is 1.59. The van der Waals surface area contributed by atoms with Crippen LogP contribution >= 0.6 is 12.2 Å². The maximum Gasteiger partial charge on any atom is 0.337 e. The topological polar surface area (TPSA) is 87.8 Å². The molecular formula is C26H21N3O4S. The van der Waals surface area contributed by atoms with Crippen LogP contribution in [0.4, 0.5) is 5.69 Å². The summed E-state index contributed by atoms with van der Waals surface area (Å²) in [6, 6.07) is 22.8. The van der Waals surface area contributed by atoms with Gasteiger partial charge in [0, 0.05) is 11.8 Å². The summed E-state index contributed by atoms with van der Waals surface area (Å²) in [5.41, 5.74) is 2.53. The van der Waals surface area contributed by atoms with E-state index in [0.717, 1.165) is 11.3 Å². The second-order valence-corrected chi connectivity index (χ2v) is 8.15. The Kier molecular flexibility index (Phi) is 5.73. The summed E-state index contributed by atoms with van der Waals surface area (Å²) in [7, 11) is 1.35. The first-order valence-electron chi connectivity index (χ1n) is 10.6. The van der Waals surface area contributed by atoms with E-state index in [1.165, 1.54) is 7.11 Å². The number of pyridine rings is 1. The average molecular weight is 472 g/mol. The summed E-state index contributed by atoms with van der Waals surface area (Å²) in [4.78, 5) is 18.3. The van der Waals surface area contributed by atoms with Crippen LogP contribution in [0.3, 0.4) is 0 Å². The molecule has 0 radical (unpaired) electrons. The van der Waals surface area contributed by atoms with E-state index >= 15 is 0 Å². The summed E-state index contributed by atoms with van der Waals surface area (Å²) < 4.78 is 11.1. The van der Waals surface area contributed by atoms with Crippen LogP contribution in [-0.4, -0.2) is 28.3 Å². The Hall–Kier alpha value is -4.17. The summed E-state index contributed by atoms with van der Waals surface area (Å²) >= 11 is 5.68. The predicted octanol–water partition coefficient (Wildman–Crippen LogP) is 5.01. The number of carbonyl (C=O) groups excluding carboxylic acids is 1. The molecule has 2 aromatic heterocycles. The molecule has 5 rings (SSSR count). The zero-order chi connectivity index (χ0) is 23.7. The van der Waals surface area contributed by atoms with E-state index in [0.29, 0.717) is 27.9 Å². The number of esters is 1. The number of para-hydroxylation sites is 2. The van der Waals surface area contributed by atoms with Crippen molar-refractivity contribution in [1.29, 1.82) is 0 Å². The lowest BCUT2D eigenvalue weighted by Gasteiger charge is -2.26. The van der Waals surface area contributed by atoms with Gasteiger partial charge in [-0.2, -0.15) is 0 Å². The highest BCUT2D eigenvalue weighted by Crippen LogP contribution is 2.45. The molecule has 1 aliphatic heterocycles. The number of benzene rings is 2. The van der Waals surface area contributed by atoms with E-state index in [-0.39, 0.29) is 11.8 Å². The van der Waals surface area contributed by atoms with Gasteiger partial charge in [-0.05, 0) is 60.7 Å². The van der Waals surface area contributed by atoms with Crippen LogP contribution in [0.5, 0.6) is 5.75 Å². The molecule has 4 aromatic rings. The Bertz CT molecular complexity index is 1350. The zero-order valence-corrected chi connectivity index (χ0v) is 19.0. The van der Waals surface area contributed by atoms with Crippen molar-refractivity contribution in [2.75, 3.05) is 12.0 Å². The lowest BCUT2D eigenvalue weighted by atomic mass is 10.0. The molecule has 34 heavy (non-hydrogen) atoms. The molecule has 0 saturated carbocycles. The molecule has 0 spiro atoms. The van der Waals surface area contributed by atoms with Gasteiger partial charge in [-0.25, -0.2) is 4.79 Å². The van der Waals surface area contributed by atoms with Gasteiger partial charge >= 0.3 is 5.97 Å². The maximum atomic E-state index is 12.0. The van der Waals surface area contributed by atoms with E-state index in [1.807, 2.05) is 47.4 Å². The molecule has 0 unspecified atom stereocenters. The van der Waals surface area contributed by atoms with Crippen molar-refractivity contribution in [2.45, 2.75) is 12.1 Å². The first-order valence-corrected chi connectivity index (χ1v) is 11.0. The fourth-order valence-corrected chi connectivity index (χ4v) is 4.49. The van der Waals surface area contributed by atoms with Gasteiger partial charge in [0.15, 0.2) is 5.11 Å². The number of hydrogen-bond acceptors (Lipinski definition) is 6. The number of phenolic OH excluding ortho intramolecular Hbond substituents is 1. The number of thiocarbonyl (C=S) groups is 1. The highest BCUT2D eigenvalue weighted by molar-refractivity contribution is 7.80. The lowest BCUT2D eigenvalue weighted by molar-refractivity contribution is 0.0601. The first-order chi connectivity index (χ1) is 16.6. The minimum Gasteiger partial charge on any atom is -0.506 e. The van der Waals surface area contributed by atoms with E-state index in [4.69, 9.17) is 21.4 Å². The molecule has 170 valence electrons. The van der Waals surface area contributed by atoms with E-state index in [2.05, 4.69) is 10.3 Å². The number of ether oxygens (including phenoxy) is 1. The number of nitrogens with zero attached hydrogens (tertiary/aromatic N) is 2. The van der Waals surface area contributed by atoms with Crippen molar-refractivity contribution in [3.63, 3.8) is 0 Å². The van der Waals surface area contributed by atoms with Crippen molar-refractivity contribution in [3.05, 3.63) is 102 Å². The fourth-order valence-electron chi connectivity index (χ4n) is 4.16. The van der Waals surface area contributed by atoms with Gasteiger partial charge in [0.05, 0.1) is 30.1 Å². The molecule has 3 heterocycles. The third kappa shape index (κ3) is 3.88. The van der Waals surface area contributed by atoms with Crippen molar-refractivity contribution in [3.8, 4) is 17.1 Å². The minimum atomic E-state index is -0.417. The third-order valence-electron chi connectivity index (χ3n) is 5.73. The van der Waals surface area contributed by atoms with Crippen LogP contribution in [0, 0.1) is 0 Å². The van der Waals surface area contributed by atoms with Crippen molar-refractivity contribution < 1.29 is 19.1 Å². The minimum absolute atomic E-state index is 0.107. The van der Waals surface area contributed by atoms with Crippen LogP contribution in [0.25, 0.3) is 11.3 Å². The van der Waals surface area contributed by atoms with Crippen LogP contribution in [0.15, 0.2) is 89.5 Å². The average Bonchev–Trinajstić information content (AvgIpc) is 3.49. The molecule has 8 heteroatoms. The molecular weight excluding hydrogens is 450 g/mol. The number of nitrogens with one attached hydrogen (secondary N) is 1. The molecule has 7 nitrogen and oxygen atoms in total. The van der Waals surface area contributed by atoms with Gasteiger partial charge in [-0.3, -0.25) is 4.98 Å². The molecule has 1 aliphatic rings. The quantitative estimate of drug-likeness (QED) is 0.310. The van der Waals surface area contributed by atoms with Crippen LogP contribution in [0.2, 0.25) is 0 Å². The van der Waals surface area contributed by atoms with Crippen LogP contribution < -0.4 is 10.2 Å². The van der Waals surface area contributed by atoms with E-state index in [9.17, 15) is 9.90 Å². The van der Waals surface area contributed by atoms with Crippen molar-refractivity contribution in [1.82, 2.24) is 10.3 Å². The normalized spacial score (nSPS) is 17.4. The van der Waals surface area contributed by atoms with Gasteiger partial charge in [-0.1, -0.05) is 30.3 Å². The molecule has 0 aliphatic carbocycles. The number of methoxy groups -OCH3 is 1. The Labute approximate surface area is 201 Å². The van der Waals surface area contributed by atoms with E-state index in [1.54, 1.807) is 42.6 Å². The largest absolute Gasteiger partial charge is 0.506 e. The van der Waals surface area contributed by atoms with Crippen molar-refractivity contribution in [2.24, 2.45) is 0 Å². The molecule has 1 saturated heterocycles. The Morgan fingerprint density at radius 2 is 1.91 bits per heavy atom. The standard InChI is InChI=1S/C26H21N3O4S/c1-32-25(31)17-8-6-7-16(15-17)21-12-13-22(33-21)24-23(18-9-4-5-14-27-18)28-26(34)29(24)19-10-2-3-11-20(19)30/h2-15,23-24,30H,1H3,(H,28,34)/t23-,24-/m0/s1. The van der Waals surface area contributed by atoms with Gasteiger partial charge in [-0.15, -0.1) is 0 Å². The summed E-state index contributed by atoms with van der Waals surface area (Å²) in [5, 5.41) is 14.4. The smallest absolute Gasteiger partial charge is 0.337 e. The number of carbonyl (C=O) groups is 1. The van der Waals surface area contributed by atoms with E-state index < -0.39 is 12.0 Å². The fraction of sp³-hybridized carbons (Fsp3) is 0.115. The molecule has 0 amide bonds. The Morgan fingerprint density at radius 3 is 2.68 bits per heavy atom. The maximum absolute atomic E-state index is 12.0. The second-order valence-electron chi connectivity index (χ2n) is 7.76. The molecule has 2 N–H and O–H groups in total. The SMILES string of the molecule is COC(=O)c1cccc(-c2ccc([C@H]3[C@H](c4ccccn4)NC(=S)N3c3ccccc3O)o2)c1. The molecule has 0 bridgehead atoms. The third-order valence-corrected chi connectivity index (χ3v) is 6.04. The second kappa shape index (κ2) is 8.99. The van der Waals surface area contributed by atoms with Crippen LogP contribution in [-0.2, 0) is 4.74 Å². The van der Waals surface area contributed by atoms with Crippen molar-refractivity contribution >= 4 is 29.0 Å². The number of anilines is 1. The van der Waals surface area contributed by atoms with Gasteiger partial charge in [0.25, 0.3) is 0 Å². The summed E-state index contributed by atoms with van der Waals surface area (Å²) in [5.74, 6) is 0.913. The monoisotopic (exact) mass is 471 g/mol. The summed E-state index contributed by atoms with van der Waals surface area (Å²) in [6.07, 6.45) is 1.73. The van der Waals surface area contributed by atoms with Gasteiger partial charge < -0.3 is 24.5 Å². The summed E-state index contributed by atoms with van der Waals surface area (Å²) in [6.45, 7) is 0. The molecule has 2 atom stereocenters. The zero-order valence-electron chi connectivity index (χ0n) is 18.2. The highest BCUT2D eigenvalue weighted by atomic mass is 32.1. The lowest BCUT2D eigenvalue weighted by Crippen LogP contribution is -2.29. The number of aromatic nitrogens is 1. The predicted molar refractivity (Wildman–Crippen MR) is 132 cm³/mol. The number of aromatic hydroxyl groups is 1. The number of furan rings is 1. The number of rotatable bonds is 5. The molecule has 2 aromatic carbocycles. The van der Waals surface area contributed by atoms with Crippen LogP contribution in [0.1, 0.15) is 33.9 Å². The van der Waals surface area contributed by atoms with Gasteiger partial charge in [0.1, 0.15) is 23.3 Å². The van der Waals surface area contributed by atoms with Gasteiger partial charge in [0.2, 0.25) is 0 Å². The number of phenols is 1. The first kappa shape index (κ1) is 21.7. The number of hydrogen-bond donors (Lipinski definition) is 2.